The first-order valence-electron chi connectivity index (χ1n) is 10.4. The number of piperidine rings is 1. The van der Waals surface area contributed by atoms with Crippen LogP contribution in [0, 0.1) is 0 Å². The Bertz CT molecular complexity index is 728. The molecule has 6 nitrogen and oxygen atoms in total. The number of carbonyl (C=O) groups is 2. The summed E-state index contributed by atoms with van der Waals surface area (Å²) in [5, 5.41) is 2.63. The first-order valence-corrected chi connectivity index (χ1v) is 10.9. The van der Waals surface area contributed by atoms with Gasteiger partial charge in [-0.1, -0.05) is 30.3 Å². The summed E-state index contributed by atoms with van der Waals surface area (Å²) in [6, 6.07) is 8.43. The highest BCUT2D eigenvalue weighted by atomic mass is 35.5. The van der Waals surface area contributed by atoms with Crippen LogP contribution in [0.25, 0.3) is 0 Å². The van der Waals surface area contributed by atoms with Gasteiger partial charge in [-0.3, -0.25) is 4.79 Å². The van der Waals surface area contributed by atoms with Gasteiger partial charge in [0.1, 0.15) is 11.7 Å². The number of alkyl halides is 3. The van der Waals surface area contributed by atoms with E-state index in [0.717, 1.165) is 10.5 Å². The second kappa shape index (κ2) is 11.1. The lowest BCUT2D eigenvalue weighted by molar-refractivity contribution is -0.137. The van der Waals surface area contributed by atoms with Crippen molar-refractivity contribution in [2.24, 2.45) is 0 Å². The van der Waals surface area contributed by atoms with Crippen LogP contribution >= 0.6 is 11.6 Å². The molecule has 2 amide bonds. The zero-order valence-electron chi connectivity index (χ0n) is 18.2. The van der Waals surface area contributed by atoms with Gasteiger partial charge in [0.15, 0.2) is 0 Å². The van der Waals surface area contributed by atoms with Gasteiger partial charge < -0.3 is 19.7 Å². The van der Waals surface area contributed by atoms with Crippen molar-refractivity contribution in [1.29, 1.82) is 0 Å². The molecule has 0 aliphatic carbocycles. The Kier molecular flexibility index (Phi) is 9.06. The first-order chi connectivity index (χ1) is 14.5. The smallest absolute Gasteiger partial charge is 0.410 e. The van der Waals surface area contributed by atoms with Crippen LogP contribution in [0.3, 0.4) is 0 Å². The molecule has 31 heavy (non-hydrogen) atoms. The van der Waals surface area contributed by atoms with Crippen molar-refractivity contribution in [3.05, 3.63) is 35.9 Å². The SMILES string of the molecule is CC(C)(C)OC(=O)N1C[C@H](NC(=O)C(CCCCl)OCc2ccccc2)CC(F)(F)C1. The van der Waals surface area contributed by atoms with Crippen molar-refractivity contribution < 1.29 is 27.8 Å². The number of hydrogen-bond acceptors (Lipinski definition) is 4. The minimum atomic E-state index is -3.14. The van der Waals surface area contributed by atoms with Crippen molar-refractivity contribution in [3.63, 3.8) is 0 Å². The van der Waals surface area contributed by atoms with E-state index < -0.39 is 48.6 Å². The highest BCUT2D eigenvalue weighted by Crippen LogP contribution is 2.28. The average Bonchev–Trinajstić information content (AvgIpc) is 2.66. The molecule has 174 valence electrons. The Labute approximate surface area is 187 Å². The highest BCUT2D eigenvalue weighted by molar-refractivity contribution is 6.17. The van der Waals surface area contributed by atoms with Crippen LogP contribution in [-0.4, -0.2) is 59.5 Å². The maximum absolute atomic E-state index is 14.3. The number of halogens is 3. The molecule has 0 radical (unpaired) electrons. The summed E-state index contributed by atoms with van der Waals surface area (Å²) in [6.07, 6.45) is -1.31. The summed E-state index contributed by atoms with van der Waals surface area (Å²) in [7, 11) is 0. The Morgan fingerprint density at radius 2 is 1.97 bits per heavy atom. The standard InChI is InChI=1S/C22H31ClF2N2O4/c1-21(2,3)31-20(29)27-13-17(12-22(24,25)15-27)26-19(28)18(10-7-11-23)30-14-16-8-5-4-6-9-16/h4-6,8-9,17-18H,7,10-15H2,1-3H3,(H,26,28)/t17-,18?/m1/s1. The van der Waals surface area contributed by atoms with E-state index in [0.29, 0.717) is 18.7 Å². The number of ether oxygens (including phenoxy) is 2. The molecule has 1 saturated heterocycles. The Balaban J connectivity index is 2.01. The number of hydrogen-bond donors (Lipinski definition) is 1. The van der Waals surface area contributed by atoms with Crippen LogP contribution in [0.1, 0.15) is 45.6 Å². The van der Waals surface area contributed by atoms with Gasteiger partial charge in [0.2, 0.25) is 5.91 Å². The van der Waals surface area contributed by atoms with Crippen LogP contribution in [-0.2, 0) is 20.9 Å². The minimum Gasteiger partial charge on any atom is -0.444 e. The fourth-order valence-corrected chi connectivity index (χ4v) is 3.43. The van der Waals surface area contributed by atoms with E-state index in [1.807, 2.05) is 30.3 Å². The zero-order chi connectivity index (χ0) is 23.1. The van der Waals surface area contributed by atoms with Gasteiger partial charge in [-0.15, -0.1) is 11.6 Å². The van der Waals surface area contributed by atoms with Gasteiger partial charge in [0.25, 0.3) is 5.92 Å². The lowest BCUT2D eigenvalue weighted by Gasteiger charge is -2.38. The maximum Gasteiger partial charge on any atom is 0.410 e. The van der Waals surface area contributed by atoms with Crippen LogP contribution in [0.15, 0.2) is 30.3 Å². The molecule has 1 heterocycles. The van der Waals surface area contributed by atoms with Gasteiger partial charge in [0, 0.05) is 18.8 Å². The summed E-state index contributed by atoms with van der Waals surface area (Å²) in [5.74, 6) is -3.27. The number of benzene rings is 1. The number of nitrogens with zero attached hydrogens (tertiary/aromatic N) is 1. The molecule has 2 rings (SSSR count). The van der Waals surface area contributed by atoms with Gasteiger partial charge >= 0.3 is 6.09 Å². The quantitative estimate of drug-likeness (QED) is 0.585. The molecule has 1 aliphatic heterocycles. The molecular formula is C22H31ClF2N2O4. The third-order valence-electron chi connectivity index (χ3n) is 4.59. The van der Waals surface area contributed by atoms with E-state index in [4.69, 9.17) is 21.1 Å². The first kappa shape index (κ1) is 25.3. The lowest BCUT2D eigenvalue weighted by atomic mass is 10.0. The predicted octanol–water partition coefficient (Wildman–Crippen LogP) is 4.35. The molecule has 0 aromatic heterocycles. The molecular weight excluding hydrogens is 430 g/mol. The van der Waals surface area contributed by atoms with Gasteiger partial charge in [0.05, 0.1) is 19.2 Å². The third-order valence-corrected chi connectivity index (χ3v) is 4.86. The molecule has 0 bridgehead atoms. The van der Waals surface area contributed by atoms with E-state index in [-0.39, 0.29) is 13.2 Å². The molecule has 1 aromatic carbocycles. The maximum atomic E-state index is 14.3. The molecule has 0 spiro atoms. The largest absolute Gasteiger partial charge is 0.444 e. The van der Waals surface area contributed by atoms with Crippen molar-refractivity contribution in [3.8, 4) is 0 Å². The van der Waals surface area contributed by atoms with E-state index in [1.54, 1.807) is 20.8 Å². The molecule has 1 aliphatic rings. The Morgan fingerprint density at radius 3 is 2.58 bits per heavy atom. The molecule has 9 heteroatoms. The van der Waals surface area contributed by atoms with Gasteiger partial charge in [-0.05, 0) is 39.2 Å². The summed E-state index contributed by atoms with van der Waals surface area (Å²) < 4.78 is 39.5. The monoisotopic (exact) mass is 460 g/mol. The second-order valence-electron chi connectivity index (χ2n) is 8.74. The van der Waals surface area contributed by atoms with Crippen molar-refractivity contribution in [2.75, 3.05) is 19.0 Å². The normalized spacial score (nSPS) is 19.5. The summed E-state index contributed by atoms with van der Waals surface area (Å²) in [4.78, 5) is 26.0. The topological polar surface area (TPSA) is 67.9 Å². The minimum absolute atomic E-state index is 0.0584. The lowest BCUT2D eigenvalue weighted by Crippen LogP contribution is -2.58. The fourth-order valence-electron chi connectivity index (χ4n) is 3.28. The Morgan fingerprint density at radius 1 is 1.29 bits per heavy atom. The van der Waals surface area contributed by atoms with E-state index in [9.17, 15) is 18.4 Å². The summed E-state index contributed by atoms with van der Waals surface area (Å²) in [6.45, 7) is 4.41. The second-order valence-corrected chi connectivity index (χ2v) is 9.12. The fraction of sp³-hybridized carbons (Fsp3) is 0.636. The third kappa shape index (κ3) is 8.99. The molecule has 1 fully saturated rings. The molecule has 1 unspecified atom stereocenters. The van der Waals surface area contributed by atoms with Crippen LogP contribution in [0.5, 0.6) is 0 Å². The summed E-state index contributed by atoms with van der Waals surface area (Å²) >= 11 is 5.76. The van der Waals surface area contributed by atoms with E-state index in [1.165, 1.54) is 0 Å². The predicted molar refractivity (Wildman–Crippen MR) is 114 cm³/mol. The molecule has 1 aromatic rings. The molecule has 1 N–H and O–H groups in total. The molecule has 2 atom stereocenters. The summed E-state index contributed by atoms with van der Waals surface area (Å²) in [5.41, 5.74) is 0.0898. The number of carbonyl (C=O) groups excluding carboxylic acids is 2. The number of likely N-dealkylation sites (tertiary alicyclic amines) is 1. The van der Waals surface area contributed by atoms with Crippen LogP contribution < -0.4 is 5.32 Å². The van der Waals surface area contributed by atoms with Gasteiger partial charge in [-0.2, -0.15) is 0 Å². The average molecular weight is 461 g/mol. The van der Waals surface area contributed by atoms with Gasteiger partial charge in [-0.25, -0.2) is 13.6 Å². The Hall–Kier alpha value is -1.93. The van der Waals surface area contributed by atoms with Crippen molar-refractivity contribution in [1.82, 2.24) is 10.2 Å². The number of amides is 2. The number of nitrogens with one attached hydrogen (secondary N) is 1. The highest BCUT2D eigenvalue weighted by Gasteiger charge is 2.44. The van der Waals surface area contributed by atoms with E-state index >= 15 is 0 Å². The van der Waals surface area contributed by atoms with Crippen LogP contribution in [0.4, 0.5) is 13.6 Å². The molecule has 0 saturated carbocycles. The zero-order valence-corrected chi connectivity index (χ0v) is 19.0. The van der Waals surface area contributed by atoms with E-state index in [2.05, 4.69) is 5.32 Å². The number of rotatable bonds is 8. The van der Waals surface area contributed by atoms with Crippen molar-refractivity contribution in [2.45, 2.75) is 70.3 Å². The van der Waals surface area contributed by atoms with Crippen molar-refractivity contribution >= 4 is 23.6 Å². The van der Waals surface area contributed by atoms with Crippen LogP contribution in [0.2, 0.25) is 0 Å².